The molecule has 0 amide bonds. The molecule has 1 saturated heterocycles. The standard InChI is InChI=1S/C19H22ClN3O2S/c1-24-17-6-5-16(12-21-17)23-18(26)22-13-19(7-9-25-10-8-19)14-3-2-4-15(20)11-14/h2-6,11-12H,7-10,13H2,1H3,(H2,22,23,26). The number of rotatable bonds is 5. The number of nitrogens with one attached hydrogen (secondary N) is 2. The minimum absolute atomic E-state index is 0.0486. The molecule has 3 rings (SSSR count). The number of thiocarbonyl (C=S) groups is 1. The minimum atomic E-state index is -0.0486. The molecule has 0 unspecified atom stereocenters. The fraction of sp³-hybridized carbons (Fsp3) is 0.368. The van der Waals surface area contributed by atoms with Crippen LogP contribution < -0.4 is 15.4 Å². The van der Waals surface area contributed by atoms with E-state index < -0.39 is 0 Å². The van der Waals surface area contributed by atoms with Gasteiger partial charge >= 0.3 is 0 Å². The zero-order valence-electron chi connectivity index (χ0n) is 14.6. The Labute approximate surface area is 164 Å². The number of pyridine rings is 1. The fourth-order valence-electron chi connectivity index (χ4n) is 3.15. The predicted octanol–water partition coefficient (Wildman–Crippen LogP) is 3.78. The van der Waals surface area contributed by atoms with Crippen LogP contribution in [0.3, 0.4) is 0 Å². The van der Waals surface area contributed by atoms with Gasteiger partial charge in [-0.3, -0.25) is 0 Å². The highest BCUT2D eigenvalue weighted by molar-refractivity contribution is 7.80. The van der Waals surface area contributed by atoms with E-state index in [0.29, 0.717) is 17.5 Å². The molecule has 138 valence electrons. The van der Waals surface area contributed by atoms with Crippen LogP contribution in [0.15, 0.2) is 42.6 Å². The van der Waals surface area contributed by atoms with Gasteiger partial charge in [0, 0.05) is 36.3 Å². The van der Waals surface area contributed by atoms with Crippen LogP contribution >= 0.6 is 23.8 Å². The monoisotopic (exact) mass is 391 g/mol. The largest absolute Gasteiger partial charge is 0.481 e. The summed E-state index contributed by atoms with van der Waals surface area (Å²) >= 11 is 11.7. The van der Waals surface area contributed by atoms with Crippen molar-refractivity contribution in [1.82, 2.24) is 10.3 Å². The van der Waals surface area contributed by atoms with Crippen molar-refractivity contribution in [1.29, 1.82) is 0 Å². The third kappa shape index (κ3) is 4.63. The van der Waals surface area contributed by atoms with Crippen LogP contribution in [0.2, 0.25) is 5.02 Å². The van der Waals surface area contributed by atoms with E-state index >= 15 is 0 Å². The quantitative estimate of drug-likeness (QED) is 0.756. The topological polar surface area (TPSA) is 55.4 Å². The Hall–Kier alpha value is -1.89. The lowest BCUT2D eigenvalue weighted by atomic mass is 9.74. The molecule has 2 aromatic rings. The normalized spacial score (nSPS) is 15.9. The number of anilines is 1. The molecular formula is C19H22ClN3O2S. The van der Waals surface area contributed by atoms with Crippen LogP contribution in [0.25, 0.3) is 0 Å². The Morgan fingerprint density at radius 3 is 2.77 bits per heavy atom. The average Bonchev–Trinajstić information content (AvgIpc) is 2.68. The van der Waals surface area contributed by atoms with E-state index in [2.05, 4.69) is 21.7 Å². The summed E-state index contributed by atoms with van der Waals surface area (Å²) in [6.07, 6.45) is 3.54. The Morgan fingerprint density at radius 1 is 1.31 bits per heavy atom. The fourth-order valence-corrected chi connectivity index (χ4v) is 3.53. The molecule has 0 atom stereocenters. The van der Waals surface area contributed by atoms with Gasteiger partial charge in [-0.2, -0.15) is 0 Å². The lowest BCUT2D eigenvalue weighted by molar-refractivity contribution is 0.0515. The molecule has 0 bridgehead atoms. The summed E-state index contributed by atoms with van der Waals surface area (Å²) in [6, 6.07) is 11.7. The SMILES string of the molecule is COc1ccc(NC(=S)NCC2(c3cccc(Cl)c3)CCOCC2)cn1. The van der Waals surface area contributed by atoms with Gasteiger partial charge in [-0.25, -0.2) is 4.98 Å². The number of hydrogen-bond acceptors (Lipinski definition) is 4. The Bertz CT molecular complexity index is 749. The Morgan fingerprint density at radius 2 is 2.12 bits per heavy atom. The number of nitrogens with zero attached hydrogens (tertiary/aromatic N) is 1. The number of halogens is 1. The molecule has 5 nitrogen and oxygen atoms in total. The molecule has 1 aliphatic rings. The van der Waals surface area contributed by atoms with Gasteiger partial charge in [0.25, 0.3) is 0 Å². The van der Waals surface area contributed by atoms with Crippen molar-refractivity contribution in [2.75, 3.05) is 32.2 Å². The molecular weight excluding hydrogens is 370 g/mol. The first kappa shape index (κ1) is 18.9. The number of benzene rings is 1. The van der Waals surface area contributed by atoms with Crippen molar-refractivity contribution >= 4 is 34.6 Å². The van der Waals surface area contributed by atoms with Crippen LogP contribution in [-0.2, 0) is 10.2 Å². The van der Waals surface area contributed by atoms with Gasteiger partial charge in [0.15, 0.2) is 5.11 Å². The Kier molecular flexibility index (Phi) is 6.29. The molecule has 26 heavy (non-hydrogen) atoms. The van der Waals surface area contributed by atoms with Crippen molar-refractivity contribution in [3.05, 3.63) is 53.2 Å². The highest BCUT2D eigenvalue weighted by atomic mass is 35.5. The summed E-state index contributed by atoms with van der Waals surface area (Å²) in [6.45, 7) is 2.18. The van der Waals surface area contributed by atoms with Crippen LogP contribution in [0.5, 0.6) is 5.88 Å². The number of aromatic nitrogens is 1. The molecule has 0 spiro atoms. The van der Waals surface area contributed by atoms with Gasteiger partial charge in [-0.05, 0) is 48.8 Å². The summed E-state index contributed by atoms with van der Waals surface area (Å²) in [5.41, 5.74) is 1.98. The van der Waals surface area contributed by atoms with E-state index in [1.54, 1.807) is 19.4 Å². The first-order chi connectivity index (χ1) is 12.6. The summed E-state index contributed by atoms with van der Waals surface area (Å²) < 4.78 is 10.6. The van der Waals surface area contributed by atoms with E-state index in [4.69, 9.17) is 33.3 Å². The number of ether oxygens (including phenoxy) is 2. The van der Waals surface area contributed by atoms with Crippen molar-refractivity contribution in [2.24, 2.45) is 0 Å². The van der Waals surface area contributed by atoms with Gasteiger partial charge in [0.05, 0.1) is 19.0 Å². The second-order valence-electron chi connectivity index (χ2n) is 6.30. The molecule has 7 heteroatoms. The maximum Gasteiger partial charge on any atom is 0.213 e. The maximum atomic E-state index is 6.21. The number of hydrogen-bond donors (Lipinski definition) is 2. The molecule has 1 aromatic carbocycles. The maximum absolute atomic E-state index is 6.21. The molecule has 1 fully saturated rings. The van der Waals surface area contributed by atoms with Crippen molar-refractivity contribution in [3.8, 4) is 5.88 Å². The highest BCUT2D eigenvalue weighted by Crippen LogP contribution is 2.35. The molecule has 2 N–H and O–H groups in total. The van der Waals surface area contributed by atoms with Crippen molar-refractivity contribution in [3.63, 3.8) is 0 Å². The lowest BCUT2D eigenvalue weighted by Gasteiger charge is -2.38. The van der Waals surface area contributed by atoms with Crippen LogP contribution in [0.4, 0.5) is 5.69 Å². The first-order valence-corrected chi connectivity index (χ1v) is 9.29. The molecule has 1 aliphatic heterocycles. The second-order valence-corrected chi connectivity index (χ2v) is 7.14. The van der Waals surface area contributed by atoms with Crippen molar-refractivity contribution < 1.29 is 9.47 Å². The van der Waals surface area contributed by atoms with Gasteiger partial charge in [0.2, 0.25) is 5.88 Å². The second kappa shape index (κ2) is 8.66. The zero-order valence-corrected chi connectivity index (χ0v) is 16.2. The minimum Gasteiger partial charge on any atom is -0.481 e. The summed E-state index contributed by atoms with van der Waals surface area (Å²) in [7, 11) is 1.59. The van der Waals surface area contributed by atoms with Crippen molar-refractivity contribution in [2.45, 2.75) is 18.3 Å². The smallest absolute Gasteiger partial charge is 0.213 e. The number of methoxy groups -OCH3 is 1. The highest BCUT2D eigenvalue weighted by Gasteiger charge is 2.34. The molecule has 0 saturated carbocycles. The zero-order chi connectivity index (χ0) is 18.4. The van der Waals surface area contributed by atoms with Gasteiger partial charge in [-0.15, -0.1) is 0 Å². The van der Waals surface area contributed by atoms with Crippen LogP contribution in [0.1, 0.15) is 18.4 Å². The van der Waals surface area contributed by atoms with Gasteiger partial charge < -0.3 is 20.1 Å². The Balaban J connectivity index is 1.66. The van der Waals surface area contributed by atoms with Crippen LogP contribution in [-0.4, -0.2) is 37.0 Å². The predicted molar refractivity (Wildman–Crippen MR) is 108 cm³/mol. The first-order valence-electron chi connectivity index (χ1n) is 8.50. The van der Waals surface area contributed by atoms with E-state index in [1.165, 1.54) is 5.56 Å². The van der Waals surface area contributed by atoms with Gasteiger partial charge in [0.1, 0.15) is 0 Å². The van der Waals surface area contributed by atoms with E-state index in [0.717, 1.165) is 36.8 Å². The molecule has 2 heterocycles. The summed E-state index contributed by atoms with van der Waals surface area (Å²) in [5.74, 6) is 0.566. The van der Waals surface area contributed by atoms with E-state index in [-0.39, 0.29) is 5.41 Å². The molecule has 0 radical (unpaired) electrons. The van der Waals surface area contributed by atoms with Crippen LogP contribution in [0, 0.1) is 0 Å². The summed E-state index contributed by atoms with van der Waals surface area (Å²) in [4.78, 5) is 4.17. The third-order valence-electron chi connectivity index (χ3n) is 4.68. The lowest BCUT2D eigenvalue weighted by Crippen LogP contribution is -2.45. The van der Waals surface area contributed by atoms with E-state index in [9.17, 15) is 0 Å². The van der Waals surface area contributed by atoms with E-state index in [1.807, 2.05) is 24.3 Å². The molecule has 0 aliphatic carbocycles. The molecule has 1 aromatic heterocycles. The third-order valence-corrected chi connectivity index (χ3v) is 5.16. The average molecular weight is 392 g/mol. The summed E-state index contributed by atoms with van der Waals surface area (Å²) in [5, 5.41) is 7.82. The van der Waals surface area contributed by atoms with Gasteiger partial charge in [-0.1, -0.05) is 23.7 Å².